The van der Waals surface area contributed by atoms with Gasteiger partial charge in [-0.15, -0.1) is 0 Å². The van der Waals surface area contributed by atoms with E-state index in [0.717, 1.165) is 34.2 Å². The van der Waals surface area contributed by atoms with E-state index in [-0.39, 0.29) is 5.41 Å². The van der Waals surface area contributed by atoms with Crippen LogP contribution in [-0.2, 0) is 12.5 Å². The predicted molar refractivity (Wildman–Crippen MR) is 357 cm³/mol. The Morgan fingerprint density at radius 3 is 1.28 bits per heavy atom. The second-order valence-corrected chi connectivity index (χ2v) is 23.3. The molecule has 85 heavy (non-hydrogen) atoms. The Balaban J connectivity index is 0.0000000994. The highest BCUT2D eigenvalue weighted by Crippen LogP contribution is 2.50. The number of para-hydroxylation sites is 14. The molecule has 17 rings (SSSR count). The standard InChI is InChI=1S/C20H17N.C16H17N.C14H11N3.C13H11NO.C13H11NS/c1-21-18-13-7-5-11-16(18)20(15-9-3-2-4-10-15)17-12-6-8-14-19(17)21;1-16(2)12-8-4-6-10-14(12)17(3)15-11-7-5-9-13(15)16;1-16-12-8-4-5-9-13(12)17-11-7-3-2-6-10(11)15-14(16)17;2*1-14-10-6-2-4-8-12(10)15-13-9-5-3-7-11(13)14/h2-14,20H,1H3;4-11H,1-3H3;2-9H,1H3;2*2-9H,1H3. The first-order valence-electron chi connectivity index (χ1n) is 29.0. The van der Waals surface area contributed by atoms with E-state index >= 15 is 0 Å². The Hall–Kier alpha value is -9.96. The molecule has 6 heterocycles. The number of nitrogens with zero attached hydrogens (tertiary/aromatic N) is 7. The van der Waals surface area contributed by atoms with Crippen LogP contribution in [0.2, 0.25) is 0 Å². The molecule has 0 saturated carbocycles. The Morgan fingerprint density at radius 2 is 0.729 bits per heavy atom. The normalized spacial score (nSPS) is 13.6. The molecule has 0 atom stereocenters. The van der Waals surface area contributed by atoms with Crippen LogP contribution in [0, 0.1) is 0 Å². The molecule has 0 fully saturated rings. The van der Waals surface area contributed by atoms with E-state index in [4.69, 9.17) is 4.74 Å². The molecule has 11 aromatic carbocycles. The van der Waals surface area contributed by atoms with Gasteiger partial charge in [0.05, 0.1) is 44.8 Å². The van der Waals surface area contributed by atoms with E-state index in [2.05, 4.69) is 313 Å². The maximum Gasteiger partial charge on any atom is 0.215 e. The van der Waals surface area contributed by atoms with Crippen molar-refractivity contribution in [3.05, 3.63) is 301 Å². The summed E-state index contributed by atoms with van der Waals surface area (Å²) >= 11 is 1.84. The van der Waals surface area contributed by atoms with Gasteiger partial charge in [-0.05, 0) is 125 Å². The molecule has 0 saturated heterocycles. The number of anilines is 8. The first-order valence-corrected chi connectivity index (χ1v) is 29.8. The van der Waals surface area contributed by atoms with Gasteiger partial charge in [-0.1, -0.05) is 202 Å². The smallest absolute Gasteiger partial charge is 0.215 e. The number of hydrogen-bond acceptors (Lipinski definition) is 7. The van der Waals surface area contributed by atoms with Gasteiger partial charge in [-0.25, -0.2) is 4.98 Å². The Labute approximate surface area is 503 Å². The summed E-state index contributed by atoms with van der Waals surface area (Å²) in [6, 6.07) is 95.3. The van der Waals surface area contributed by atoms with Gasteiger partial charge < -0.3 is 28.9 Å². The van der Waals surface area contributed by atoms with Crippen LogP contribution >= 0.6 is 11.8 Å². The number of aryl methyl sites for hydroxylation is 1. The van der Waals surface area contributed by atoms with Crippen molar-refractivity contribution in [1.29, 1.82) is 0 Å². The molecule has 0 amide bonds. The molecule has 418 valence electrons. The van der Waals surface area contributed by atoms with Crippen LogP contribution in [-0.4, -0.2) is 42.1 Å². The molecule has 2 aromatic heterocycles. The highest BCUT2D eigenvalue weighted by Gasteiger charge is 2.34. The lowest BCUT2D eigenvalue weighted by Gasteiger charge is -2.40. The maximum atomic E-state index is 5.81. The highest BCUT2D eigenvalue weighted by molar-refractivity contribution is 7.99. The summed E-state index contributed by atoms with van der Waals surface area (Å²) in [5.41, 5.74) is 21.7. The van der Waals surface area contributed by atoms with Crippen LogP contribution in [0.25, 0.3) is 27.8 Å². The van der Waals surface area contributed by atoms with Gasteiger partial charge in [0.2, 0.25) is 5.78 Å². The molecule has 8 nitrogen and oxygen atoms in total. The minimum Gasteiger partial charge on any atom is -0.453 e. The van der Waals surface area contributed by atoms with Crippen molar-refractivity contribution >= 4 is 85.1 Å². The van der Waals surface area contributed by atoms with Crippen LogP contribution < -0.4 is 24.3 Å². The second-order valence-electron chi connectivity index (χ2n) is 22.2. The third-order valence-electron chi connectivity index (χ3n) is 16.9. The number of fused-ring (bicyclic) bond motifs is 13. The van der Waals surface area contributed by atoms with Crippen molar-refractivity contribution in [2.24, 2.45) is 7.05 Å². The highest BCUT2D eigenvalue weighted by atomic mass is 32.2. The number of aromatic nitrogens is 3. The lowest BCUT2D eigenvalue weighted by Crippen LogP contribution is -2.30. The Morgan fingerprint density at radius 1 is 0.353 bits per heavy atom. The molecule has 4 aliphatic heterocycles. The summed E-state index contributed by atoms with van der Waals surface area (Å²) in [6.45, 7) is 4.61. The van der Waals surface area contributed by atoms with Crippen LogP contribution in [0.5, 0.6) is 11.5 Å². The fourth-order valence-corrected chi connectivity index (χ4v) is 13.7. The van der Waals surface area contributed by atoms with Crippen LogP contribution in [0.4, 0.5) is 45.5 Å². The van der Waals surface area contributed by atoms with Gasteiger partial charge in [0.25, 0.3) is 0 Å². The van der Waals surface area contributed by atoms with E-state index in [9.17, 15) is 0 Å². The van der Waals surface area contributed by atoms with Crippen LogP contribution in [0.1, 0.15) is 47.6 Å². The van der Waals surface area contributed by atoms with Gasteiger partial charge in [0.1, 0.15) is 0 Å². The number of rotatable bonds is 1. The van der Waals surface area contributed by atoms with E-state index in [1.807, 2.05) is 54.2 Å². The second kappa shape index (κ2) is 23.0. The Bertz CT molecular complexity index is 4260. The van der Waals surface area contributed by atoms with Gasteiger partial charge in [-0.3, -0.25) is 4.40 Å². The SMILES string of the molecule is CN1c2ccccc2C(C)(C)c2ccccc21.CN1c2ccccc2C(c2ccccc2)c2ccccc21.CN1c2ccccc2Oc2ccccc21.CN1c2ccccc2Sc2ccccc21.Cn1c2ccccc2n2c3ccccc3nc12. The zero-order chi connectivity index (χ0) is 58.2. The van der Waals surface area contributed by atoms with Crippen molar-refractivity contribution in [3.8, 4) is 11.5 Å². The minimum atomic E-state index is 0.0830. The summed E-state index contributed by atoms with van der Waals surface area (Å²) in [6.07, 6.45) is 0. The van der Waals surface area contributed by atoms with Crippen molar-refractivity contribution in [2.45, 2.75) is 35.0 Å². The largest absolute Gasteiger partial charge is 0.453 e. The number of benzene rings is 11. The first kappa shape index (κ1) is 54.3. The van der Waals surface area contributed by atoms with E-state index < -0.39 is 0 Å². The molecule has 13 aromatic rings. The molecule has 0 unspecified atom stereocenters. The van der Waals surface area contributed by atoms with E-state index in [0.29, 0.717) is 5.92 Å². The summed E-state index contributed by atoms with van der Waals surface area (Å²) < 4.78 is 10.2. The number of imidazole rings is 2. The molecule has 0 spiro atoms. The molecular weight excluding hydrogens is 1060 g/mol. The fraction of sp³-hybridized carbons (Fsp3) is 0.118. The van der Waals surface area contributed by atoms with Crippen molar-refractivity contribution in [1.82, 2.24) is 14.0 Å². The van der Waals surface area contributed by atoms with E-state index in [1.165, 1.54) is 88.3 Å². The number of hydrogen-bond donors (Lipinski definition) is 0. The monoisotopic (exact) mass is 1130 g/mol. The van der Waals surface area contributed by atoms with Gasteiger partial charge in [-0.2, -0.15) is 0 Å². The fourth-order valence-electron chi connectivity index (χ4n) is 12.5. The predicted octanol–water partition coefficient (Wildman–Crippen LogP) is 19.5. The molecule has 0 aliphatic carbocycles. The molecule has 9 heteroatoms. The zero-order valence-corrected chi connectivity index (χ0v) is 49.8. The van der Waals surface area contributed by atoms with Crippen molar-refractivity contribution in [3.63, 3.8) is 0 Å². The summed E-state index contributed by atoms with van der Waals surface area (Å²) in [5.74, 6) is 3.14. The van der Waals surface area contributed by atoms with Crippen LogP contribution in [0.3, 0.4) is 0 Å². The summed E-state index contributed by atoms with van der Waals surface area (Å²) in [5, 5.41) is 0. The minimum absolute atomic E-state index is 0.0830. The average Bonchev–Trinajstić information content (AvgIpc) is 2.47. The summed E-state index contributed by atoms with van der Waals surface area (Å²) in [7, 11) is 10.5. The topological polar surface area (TPSA) is 44.4 Å². The van der Waals surface area contributed by atoms with Crippen LogP contribution in [0.15, 0.2) is 283 Å². The molecule has 0 radical (unpaired) electrons. The first-order chi connectivity index (χ1) is 41.6. The van der Waals surface area contributed by atoms with Gasteiger partial charge in [0.15, 0.2) is 11.5 Å². The Kier molecular flexibility index (Phi) is 14.7. The lowest BCUT2D eigenvalue weighted by molar-refractivity contribution is 0.475. The quantitative estimate of drug-likeness (QED) is 0.162. The third kappa shape index (κ3) is 10.00. The number of ether oxygens (including phenoxy) is 1. The molecule has 0 bridgehead atoms. The summed E-state index contributed by atoms with van der Waals surface area (Å²) in [4.78, 5) is 16.3. The van der Waals surface area contributed by atoms with Crippen molar-refractivity contribution < 1.29 is 4.74 Å². The molecule has 4 aliphatic rings. The maximum absolute atomic E-state index is 5.81. The molecular formula is C76H67N7OS. The average molecular weight is 1130 g/mol. The molecule has 0 N–H and O–H groups in total. The van der Waals surface area contributed by atoms with E-state index in [1.54, 1.807) is 0 Å². The van der Waals surface area contributed by atoms with Gasteiger partial charge >= 0.3 is 0 Å². The van der Waals surface area contributed by atoms with Crippen molar-refractivity contribution in [2.75, 3.05) is 47.8 Å². The third-order valence-corrected chi connectivity index (χ3v) is 18.0. The zero-order valence-electron chi connectivity index (χ0n) is 49.0. The van der Waals surface area contributed by atoms with Gasteiger partial charge in [0, 0.05) is 79.1 Å². The lowest BCUT2D eigenvalue weighted by atomic mass is 9.74.